The highest BCUT2D eigenvalue weighted by molar-refractivity contribution is 6.78. The Morgan fingerprint density at radius 3 is 2.53 bits per heavy atom. The van der Waals surface area contributed by atoms with Crippen molar-refractivity contribution in [3.63, 3.8) is 0 Å². The van der Waals surface area contributed by atoms with Crippen molar-refractivity contribution in [2.24, 2.45) is 9.98 Å². The maximum absolute atomic E-state index is 14.1. The Hall–Kier alpha value is -3.65. The summed E-state index contributed by atoms with van der Waals surface area (Å²) in [5, 5.41) is 3.20. The number of fused-ring (bicyclic) bond motifs is 1. The number of carbonyl (C=O) groups is 3. The van der Waals surface area contributed by atoms with Crippen molar-refractivity contribution in [1.82, 2.24) is 10.2 Å². The lowest BCUT2D eigenvalue weighted by molar-refractivity contribution is -0.128. The fourth-order valence-electron chi connectivity index (χ4n) is 3.04. The van der Waals surface area contributed by atoms with Crippen LogP contribution in [-0.4, -0.2) is 40.7 Å². The van der Waals surface area contributed by atoms with Gasteiger partial charge in [0.25, 0.3) is 5.91 Å². The highest BCUT2D eigenvalue weighted by Gasteiger charge is 2.39. The third-order valence-electron chi connectivity index (χ3n) is 4.56. The summed E-state index contributed by atoms with van der Waals surface area (Å²) in [6, 6.07) is 11.9. The van der Waals surface area contributed by atoms with Crippen LogP contribution in [0.1, 0.15) is 11.1 Å². The van der Waals surface area contributed by atoms with Gasteiger partial charge < -0.3 is 5.32 Å². The molecule has 0 unspecified atom stereocenters. The normalized spacial score (nSPS) is 15.4. The molecule has 2 aliphatic rings. The molecule has 0 atom stereocenters. The van der Waals surface area contributed by atoms with E-state index in [4.69, 9.17) is 11.6 Å². The van der Waals surface area contributed by atoms with Crippen molar-refractivity contribution in [2.45, 2.75) is 6.54 Å². The minimum atomic E-state index is -0.903. The second-order valence-electron chi connectivity index (χ2n) is 6.54. The molecule has 7 nitrogen and oxygen atoms in total. The first-order valence-electron chi connectivity index (χ1n) is 8.93. The molecule has 4 rings (SSSR count). The lowest BCUT2D eigenvalue weighted by Crippen LogP contribution is -2.50. The lowest BCUT2D eigenvalue weighted by Gasteiger charge is -2.23. The summed E-state index contributed by atoms with van der Waals surface area (Å²) in [7, 11) is 0. The van der Waals surface area contributed by atoms with Crippen LogP contribution in [-0.2, 0) is 16.1 Å². The minimum Gasteiger partial charge on any atom is -0.350 e. The molecule has 0 radical (unpaired) electrons. The zero-order chi connectivity index (χ0) is 21.3. The largest absolute Gasteiger partial charge is 0.351 e. The highest BCUT2D eigenvalue weighted by atomic mass is 35.5. The molecule has 2 aromatic carbocycles. The summed E-state index contributed by atoms with van der Waals surface area (Å²) in [6.45, 7) is -0.295. The first kappa shape index (κ1) is 19.7. The average Bonchev–Trinajstić information content (AvgIpc) is 3.14. The zero-order valence-electron chi connectivity index (χ0n) is 15.4. The van der Waals surface area contributed by atoms with Gasteiger partial charge in [-0.1, -0.05) is 41.9 Å². The number of urea groups is 1. The molecule has 30 heavy (non-hydrogen) atoms. The van der Waals surface area contributed by atoms with E-state index in [0.29, 0.717) is 9.92 Å². The maximum atomic E-state index is 14.1. The van der Waals surface area contributed by atoms with Crippen LogP contribution < -0.4 is 5.32 Å². The van der Waals surface area contributed by atoms with Gasteiger partial charge in [0.1, 0.15) is 18.1 Å². The fraction of sp³-hybridized carbons (Fsp3) is 0.0952. The smallest absolute Gasteiger partial charge is 0.350 e. The van der Waals surface area contributed by atoms with Crippen LogP contribution in [0.4, 0.5) is 9.18 Å². The zero-order valence-corrected chi connectivity index (χ0v) is 16.2. The molecular weight excluding hydrogens is 411 g/mol. The summed E-state index contributed by atoms with van der Waals surface area (Å²) in [5.74, 6) is -1.81. The van der Waals surface area contributed by atoms with Crippen molar-refractivity contribution in [1.29, 1.82) is 0 Å². The Kier molecular flexibility index (Phi) is 5.24. The number of hydrogen-bond acceptors (Lipinski definition) is 4. The van der Waals surface area contributed by atoms with E-state index in [0.717, 1.165) is 5.56 Å². The number of rotatable bonds is 5. The third-order valence-corrected chi connectivity index (χ3v) is 4.81. The molecule has 0 saturated heterocycles. The molecule has 0 aliphatic carbocycles. The summed E-state index contributed by atoms with van der Waals surface area (Å²) >= 11 is 5.82. The van der Waals surface area contributed by atoms with Gasteiger partial charge in [-0.15, -0.1) is 0 Å². The molecule has 2 heterocycles. The molecule has 2 aromatic rings. The average molecular weight is 425 g/mol. The van der Waals surface area contributed by atoms with Crippen LogP contribution >= 0.6 is 11.6 Å². The first-order valence-corrected chi connectivity index (χ1v) is 9.31. The predicted molar refractivity (Wildman–Crippen MR) is 110 cm³/mol. The van der Waals surface area contributed by atoms with E-state index in [1.165, 1.54) is 24.4 Å². The van der Waals surface area contributed by atoms with Gasteiger partial charge in [0, 0.05) is 28.9 Å². The number of hydrogen-bond donors (Lipinski definition) is 1. The van der Waals surface area contributed by atoms with Crippen molar-refractivity contribution < 1.29 is 18.8 Å². The molecule has 0 spiro atoms. The summed E-state index contributed by atoms with van der Waals surface area (Å²) in [4.78, 5) is 45.9. The number of benzene rings is 2. The SMILES string of the molecule is O=C(CN1C(=O)N=C2C(c3ccccc3F)=CN=C2C1=O)NCc1ccc(Cl)cc1. The molecule has 0 bridgehead atoms. The summed E-state index contributed by atoms with van der Waals surface area (Å²) in [6.07, 6.45) is 1.29. The Balaban J connectivity index is 1.46. The molecule has 150 valence electrons. The van der Waals surface area contributed by atoms with Crippen LogP contribution in [0.2, 0.25) is 5.02 Å². The summed E-state index contributed by atoms with van der Waals surface area (Å²) in [5.41, 5.74) is 1.15. The highest BCUT2D eigenvalue weighted by Crippen LogP contribution is 2.27. The number of allylic oxidation sites excluding steroid dienone is 1. The monoisotopic (exact) mass is 424 g/mol. The van der Waals surface area contributed by atoms with Crippen molar-refractivity contribution in [3.05, 3.63) is 76.7 Å². The van der Waals surface area contributed by atoms with Gasteiger partial charge in [0.2, 0.25) is 5.91 Å². The van der Waals surface area contributed by atoms with Crippen LogP contribution in [0, 0.1) is 5.82 Å². The van der Waals surface area contributed by atoms with E-state index in [-0.39, 0.29) is 29.1 Å². The van der Waals surface area contributed by atoms with Gasteiger partial charge in [-0.25, -0.2) is 19.1 Å². The third kappa shape index (κ3) is 3.77. The molecule has 9 heteroatoms. The van der Waals surface area contributed by atoms with E-state index < -0.39 is 30.2 Å². The maximum Gasteiger partial charge on any atom is 0.351 e. The van der Waals surface area contributed by atoms with Crippen molar-refractivity contribution in [3.8, 4) is 0 Å². The number of aliphatic imine (C=N–C) groups is 2. The van der Waals surface area contributed by atoms with E-state index >= 15 is 0 Å². The van der Waals surface area contributed by atoms with Gasteiger partial charge in [-0.2, -0.15) is 4.99 Å². The van der Waals surface area contributed by atoms with E-state index in [1.807, 2.05) is 0 Å². The predicted octanol–water partition coefficient (Wildman–Crippen LogP) is 2.99. The van der Waals surface area contributed by atoms with Crippen LogP contribution in [0.3, 0.4) is 0 Å². The molecular formula is C21H14ClFN4O3. The Morgan fingerprint density at radius 2 is 1.80 bits per heavy atom. The quantitative estimate of drug-likeness (QED) is 0.799. The molecule has 2 aliphatic heterocycles. The fourth-order valence-corrected chi connectivity index (χ4v) is 3.16. The van der Waals surface area contributed by atoms with Crippen LogP contribution in [0.5, 0.6) is 0 Å². The molecule has 0 fully saturated rings. The van der Waals surface area contributed by atoms with E-state index in [9.17, 15) is 18.8 Å². The standard InChI is InChI=1S/C21H14ClFN4O3/c22-13-7-5-12(6-8-13)9-24-17(28)11-27-20(29)19-18(26-21(27)30)15(10-25-19)14-3-1-2-4-16(14)23/h1-8,10H,9,11H2,(H,24,28). The van der Waals surface area contributed by atoms with Gasteiger partial charge in [-0.05, 0) is 23.8 Å². The number of halogens is 2. The molecule has 0 aromatic heterocycles. The van der Waals surface area contributed by atoms with Gasteiger partial charge in [0.15, 0.2) is 5.71 Å². The van der Waals surface area contributed by atoms with Gasteiger partial charge >= 0.3 is 6.03 Å². The molecule has 4 amide bonds. The Labute approximate surface area is 175 Å². The van der Waals surface area contributed by atoms with E-state index in [2.05, 4.69) is 15.3 Å². The minimum absolute atomic E-state index is 0.00734. The van der Waals surface area contributed by atoms with Crippen LogP contribution in [0.15, 0.2) is 64.7 Å². The van der Waals surface area contributed by atoms with E-state index in [1.54, 1.807) is 30.3 Å². The number of carbonyl (C=O) groups excluding carboxylic acids is 3. The Morgan fingerprint density at radius 1 is 1.07 bits per heavy atom. The Bertz CT molecular complexity index is 1160. The first-order chi connectivity index (χ1) is 14.4. The van der Waals surface area contributed by atoms with Gasteiger partial charge in [-0.3, -0.25) is 9.59 Å². The lowest BCUT2D eigenvalue weighted by atomic mass is 9.99. The second-order valence-corrected chi connectivity index (χ2v) is 6.97. The summed E-state index contributed by atoms with van der Waals surface area (Å²) < 4.78 is 14.1. The van der Waals surface area contributed by atoms with Crippen molar-refractivity contribution in [2.75, 3.05) is 6.54 Å². The second kappa shape index (κ2) is 8.00. The van der Waals surface area contributed by atoms with Crippen LogP contribution in [0.25, 0.3) is 5.57 Å². The number of amides is 4. The number of nitrogens with one attached hydrogen (secondary N) is 1. The van der Waals surface area contributed by atoms with Gasteiger partial charge in [0.05, 0.1) is 0 Å². The number of nitrogens with zero attached hydrogens (tertiary/aromatic N) is 3. The molecule has 0 saturated carbocycles. The topological polar surface area (TPSA) is 91.2 Å². The molecule has 1 N–H and O–H groups in total. The number of imide groups is 1. The van der Waals surface area contributed by atoms with Crippen molar-refractivity contribution >= 4 is 46.4 Å².